The standard InChI is InChI=1S/C16H18N2O2.2C2H6/c1-11-6-2-3-7-12(11)10-15(19)17-16-13-8-4-5-9-14(13)20-18-16;2*1-2/h2-3,6-7H,4-5,8-10H2,1H3,(H,17,18,19);2*1-2H3. The first-order valence-corrected chi connectivity index (χ1v) is 9.06. The average Bonchev–Trinajstić information content (AvgIpc) is 3.03. The molecule has 0 bridgehead atoms. The lowest BCUT2D eigenvalue weighted by atomic mass is 9.98. The number of amides is 1. The molecule has 0 saturated carbocycles. The number of rotatable bonds is 3. The minimum Gasteiger partial charge on any atom is -0.359 e. The van der Waals surface area contributed by atoms with Crippen LogP contribution in [0.3, 0.4) is 0 Å². The minimum atomic E-state index is -0.0408. The van der Waals surface area contributed by atoms with Crippen molar-refractivity contribution in [3.05, 3.63) is 46.7 Å². The van der Waals surface area contributed by atoms with E-state index in [0.717, 1.165) is 48.1 Å². The number of hydrogen-bond acceptors (Lipinski definition) is 3. The highest BCUT2D eigenvalue weighted by Crippen LogP contribution is 2.27. The van der Waals surface area contributed by atoms with Gasteiger partial charge in [0, 0.05) is 12.0 Å². The van der Waals surface area contributed by atoms with E-state index in [0.29, 0.717) is 12.2 Å². The van der Waals surface area contributed by atoms with Gasteiger partial charge in [0.15, 0.2) is 5.82 Å². The van der Waals surface area contributed by atoms with E-state index < -0.39 is 0 Å². The zero-order chi connectivity index (χ0) is 17.9. The molecule has 1 amide bonds. The topological polar surface area (TPSA) is 55.1 Å². The highest BCUT2D eigenvalue weighted by atomic mass is 16.5. The molecule has 0 fully saturated rings. The molecule has 0 radical (unpaired) electrons. The third-order valence-electron chi connectivity index (χ3n) is 3.82. The largest absolute Gasteiger partial charge is 0.359 e. The maximum absolute atomic E-state index is 12.1. The third-order valence-corrected chi connectivity index (χ3v) is 3.82. The van der Waals surface area contributed by atoms with Gasteiger partial charge in [0.25, 0.3) is 0 Å². The lowest BCUT2D eigenvalue weighted by Crippen LogP contribution is -2.16. The smallest absolute Gasteiger partial charge is 0.230 e. The number of hydrogen-bond donors (Lipinski definition) is 1. The number of benzene rings is 1. The van der Waals surface area contributed by atoms with E-state index in [1.165, 1.54) is 0 Å². The molecule has 1 aromatic heterocycles. The number of fused-ring (bicyclic) bond motifs is 1. The Hall–Kier alpha value is -2.10. The molecule has 1 aliphatic carbocycles. The van der Waals surface area contributed by atoms with Gasteiger partial charge in [-0.1, -0.05) is 57.1 Å². The van der Waals surface area contributed by atoms with Crippen LogP contribution in [0.1, 0.15) is 63.0 Å². The van der Waals surface area contributed by atoms with Crippen molar-refractivity contribution in [1.29, 1.82) is 0 Å². The van der Waals surface area contributed by atoms with Gasteiger partial charge in [0.05, 0.1) is 6.42 Å². The van der Waals surface area contributed by atoms with Crippen molar-refractivity contribution in [2.45, 2.75) is 66.7 Å². The zero-order valence-corrected chi connectivity index (χ0v) is 15.6. The zero-order valence-electron chi connectivity index (χ0n) is 15.6. The summed E-state index contributed by atoms with van der Waals surface area (Å²) in [6.45, 7) is 10.0. The van der Waals surface area contributed by atoms with Gasteiger partial charge in [0.2, 0.25) is 5.91 Å². The molecule has 132 valence electrons. The summed E-state index contributed by atoms with van der Waals surface area (Å²) in [7, 11) is 0. The van der Waals surface area contributed by atoms with Gasteiger partial charge < -0.3 is 9.84 Å². The number of nitrogens with zero attached hydrogens (tertiary/aromatic N) is 1. The predicted octanol–water partition coefficient (Wildman–Crippen LogP) is 5.10. The third kappa shape index (κ3) is 5.22. The Balaban J connectivity index is 0.000000671. The van der Waals surface area contributed by atoms with Crippen molar-refractivity contribution < 1.29 is 9.32 Å². The molecule has 0 atom stereocenters. The summed E-state index contributed by atoms with van der Waals surface area (Å²) in [6.07, 6.45) is 4.51. The van der Waals surface area contributed by atoms with Crippen LogP contribution >= 0.6 is 0 Å². The number of aryl methyl sites for hydroxylation is 2. The van der Waals surface area contributed by atoms with Gasteiger partial charge in [-0.3, -0.25) is 4.79 Å². The van der Waals surface area contributed by atoms with Crippen LogP contribution in [0, 0.1) is 6.92 Å². The molecule has 2 aromatic rings. The van der Waals surface area contributed by atoms with Crippen LogP contribution in [0.2, 0.25) is 0 Å². The predicted molar refractivity (Wildman–Crippen MR) is 99.4 cm³/mol. The van der Waals surface area contributed by atoms with Crippen LogP contribution in [-0.2, 0) is 24.1 Å². The van der Waals surface area contributed by atoms with Crippen LogP contribution < -0.4 is 5.32 Å². The number of carbonyl (C=O) groups is 1. The van der Waals surface area contributed by atoms with Crippen molar-refractivity contribution in [2.24, 2.45) is 0 Å². The van der Waals surface area contributed by atoms with E-state index in [-0.39, 0.29) is 5.91 Å². The molecule has 1 aliphatic rings. The van der Waals surface area contributed by atoms with E-state index in [1.54, 1.807) is 0 Å². The normalized spacial score (nSPS) is 12.0. The second-order valence-corrected chi connectivity index (χ2v) is 5.29. The van der Waals surface area contributed by atoms with E-state index in [1.807, 2.05) is 58.9 Å². The second kappa shape index (κ2) is 10.6. The van der Waals surface area contributed by atoms with E-state index in [2.05, 4.69) is 10.5 Å². The molecule has 24 heavy (non-hydrogen) atoms. The molecule has 1 aromatic carbocycles. The second-order valence-electron chi connectivity index (χ2n) is 5.29. The monoisotopic (exact) mass is 330 g/mol. The first-order valence-electron chi connectivity index (χ1n) is 9.06. The summed E-state index contributed by atoms with van der Waals surface area (Å²) < 4.78 is 5.30. The molecule has 0 unspecified atom stereocenters. The first kappa shape index (κ1) is 19.9. The van der Waals surface area contributed by atoms with Gasteiger partial charge in [0.1, 0.15) is 5.76 Å². The molecule has 3 rings (SSSR count). The summed E-state index contributed by atoms with van der Waals surface area (Å²) >= 11 is 0. The van der Waals surface area contributed by atoms with Crippen LogP contribution in [0.4, 0.5) is 5.82 Å². The average molecular weight is 330 g/mol. The summed E-state index contributed by atoms with van der Waals surface area (Å²) in [4.78, 5) is 12.1. The lowest BCUT2D eigenvalue weighted by molar-refractivity contribution is -0.115. The Bertz CT molecular complexity index is 632. The summed E-state index contributed by atoms with van der Waals surface area (Å²) in [5, 5.41) is 6.88. The molecule has 1 heterocycles. The highest BCUT2D eigenvalue weighted by Gasteiger charge is 2.20. The van der Waals surface area contributed by atoms with E-state index in [4.69, 9.17) is 4.52 Å². The molecular formula is C20H30N2O2. The Morgan fingerprint density at radius 1 is 1.12 bits per heavy atom. The van der Waals surface area contributed by atoms with Crippen LogP contribution in [0.5, 0.6) is 0 Å². The Morgan fingerprint density at radius 2 is 1.79 bits per heavy atom. The Kier molecular flexibility index (Phi) is 8.84. The van der Waals surface area contributed by atoms with Gasteiger partial charge >= 0.3 is 0 Å². The maximum atomic E-state index is 12.1. The maximum Gasteiger partial charge on any atom is 0.230 e. The number of anilines is 1. The van der Waals surface area contributed by atoms with Crippen LogP contribution in [-0.4, -0.2) is 11.1 Å². The van der Waals surface area contributed by atoms with Crippen molar-refractivity contribution in [1.82, 2.24) is 5.16 Å². The van der Waals surface area contributed by atoms with Crippen molar-refractivity contribution in [3.63, 3.8) is 0 Å². The number of aromatic nitrogens is 1. The quantitative estimate of drug-likeness (QED) is 0.852. The molecule has 0 spiro atoms. The van der Waals surface area contributed by atoms with Gasteiger partial charge in [-0.15, -0.1) is 0 Å². The number of nitrogens with one attached hydrogen (secondary N) is 1. The fraction of sp³-hybridized carbons (Fsp3) is 0.500. The Morgan fingerprint density at radius 3 is 2.50 bits per heavy atom. The summed E-state index contributed by atoms with van der Waals surface area (Å²) in [5.74, 6) is 1.50. The molecular weight excluding hydrogens is 300 g/mol. The van der Waals surface area contributed by atoms with Gasteiger partial charge in [-0.25, -0.2) is 0 Å². The molecule has 0 saturated heterocycles. The fourth-order valence-electron chi connectivity index (χ4n) is 2.64. The molecule has 0 aliphatic heterocycles. The molecule has 1 N–H and O–H groups in total. The SMILES string of the molecule is CC.CC.Cc1ccccc1CC(=O)Nc1noc2c1CCCC2. The van der Waals surface area contributed by atoms with E-state index in [9.17, 15) is 4.79 Å². The molecule has 4 heteroatoms. The summed E-state index contributed by atoms with van der Waals surface area (Å²) in [5.41, 5.74) is 3.25. The minimum absolute atomic E-state index is 0.0408. The van der Waals surface area contributed by atoms with Crippen LogP contribution in [0.25, 0.3) is 0 Å². The summed E-state index contributed by atoms with van der Waals surface area (Å²) in [6, 6.07) is 7.92. The van der Waals surface area contributed by atoms with Gasteiger partial charge in [-0.05, 0) is 37.3 Å². The van der Waals surface area contributed by atoms with Gasteiger partial charge in [-0.2, -0.15) is 0 Å². The van der Waals surface area contributed by atoms with Crippen molar-refractivity contribution in [3.8, 4) is 0 Å². The fourth-order valence-corrected chi connectivity index (χ4v) is 2.64. The number of carbonyl (C=O) groups excluding carboxylic acids is 1. The first-order chi connectivity index (χ1) is 11.7. The van der Waals surface area contributed by atoms with E-state index >= 15 is 0 Å². The molecule has 4 nitrogen and oxygen atoms in total. The van der Waals surface area contributed by atoms with Crippen molar-refractivity contribution in [2.75, 3.05) is 5.32 Å². The highest BCUT2D eigenvalue weighted by molar-refractivity contribution is 5.92. The van der Waals surface area contributed by atoms with Crippen molar-refractivity contribution >= 4 is 11.7 Å². The van der Waals surface area contributed by atoms with Crippen LogP contribution in [0.15, 0.2) is 28.8 Å². The lowest BCUT2D eigenvalue weighted by Gasteiger charge is -2.10. The Labute approximate surface area is 145 Å².